The number of nitrogens with one attached hydrogen (secondary N) is 1. The largest absolute Gasteiger partial charge is 0.361 e. The van der Waals surface area contributed by atoms with E-state index in [-0.39, 0.29) is 18.3 Å². The van der Waals surface area contributed by atoms with E-state index in [0.29, 0.717) is 13.0 Å². The first kappa shape index (κ1) is 17.9. The minimum Gasteiger partial charge on any atom is -0.361 e. The lowest BCUT2D eigenvalue weighted by atomic mass is 10.1. The van der Waals surface area contributed by atoms with Gasteiger partial charge in [0.1, 0.15) is 5.76 Å². The molecule has 1 heterocycles. The van der Waals surface area contributed by atoms with E-state index in [1.54, 1.807) is 4.90 Å². The zero-order valence-corrected chi connectivity index (χ0v) is 13.0. The van der Waals surface area contributed by atoms with E-state index in [2.05, 4.69) is 10.5 Å². The highest BCUT2D eigenvalue weighted by Gasteiger charge is 2.18. The second-order valence-corrected chi connectivity index (χ2v) is 4.33. The lowest BCUT2D eigenvalue weighted by Crippen LogP contribution is -2.34. The number of aryl methyl sites for hydroxylation is 2. The van der Waals surface area contributed by atoms with Crippen LogP contribution < -0.4 is 5.32 Å². The van der Waals surface area contributed by atoms with E-state index < -0.39 is 0 Å². The number of carbonyl (C=O) groups is 1. The van der Waals surface area contributed by atoms with Gasteiger partial charge in [-0.15, -0.1) is 12.4 Å². The minimum atomic E-state index is 0. The molecule has 0 saturated heterocycles. The average Bonchev–Trinajstić information content (AvgIpc) is 2.77. The van der Waals surface area contributed by atoms with Crippen molar-refractivity contribution in [1.29, 1.82) is 0 Å². The van der Waals surface area contributed by atoms with E-state index in [1.807, 2.05) is 27.9 Å². The summed E-state index contributed by atoms with van der Waals surface area (Å²) in [5.41, 5.74) is 1.88. The number of halogens is 1. The molecule has 0 bridgehead atoms. The molecule has 0 fully saturated rings. The first-order chi connectivity index (χ1) is 8.63. The van der Waals surface area contributed by atoms with Crippen molar-refractivity contribution in [3.63, 3.8) is 0 Å². The van der Waals surface area contributed by atoms with Crippen LogP contribution in [-0.2, 0) is 24.1 Å². The van der Waals surface area contributed by atoms with Crippen molar-refractivity contribution >= 4 is 18.3 Å². The summed E-state index contributed by atoms with van der Waals surface area (Å²) in [6.07, 6.45) is 1.96. The van der Waals surface area contributed by atoms with Crippen LogP contribution in [0.25, 0.3) is 0 Å². The Kier molecular flexibility index (Phi) is 8.43. The third-order valence-electron chi connectivity index (χ3n) is 3.06. The number of aromatic nitrogens is 1. The number of hydrogen-bond acceptors (Lipinski definition) is 4. The monoisotopic (exact) mass is 289 g/mol. The molecule has 0 radical (unpaired) electrons. The molecule has 5 nitrogen and oxygen atoms in total. The Morgan fingerprint density at radius 3 is 2.58 bits per heavy atom. The second-order valence-electron chi connectivity index (χ2n) is 4.33. The normalized spacial score (nSPS) is 10.1. The summed E-state index contributed by atoms with van der Waals surface area (Å²) in [6, 6.07) is 0. The highest BCUT2D eigenvalue weighted by molar-refractivity contribution is 5.85. The molecule has 0 spiro atoms. The minimum absolute atomic E-state index is 0. The Morgan fingerprint density at radius 2 is 2.05 bits per heavy atom. The molecule has 110 valence electrons. The Hall–Kier alpha value is -1.07. The van der Waals surface area contributed by atoms with Gasteiger partial charge in [0.25, 0.3) is 0 Å². The first-order valence-corrected chi connectivity index (χ1v) is 6.48. The topological polar surface area (TPSA) is 58.4 Å². The van der Waals surface area contributed by atoms with Crippen molar-refractivity contribution in [2.75, 3.05) is 27.2 Å². The number of hydrogen-bond donors (Lipinski definition) is 1. The molecule has 0 atom stereocenters. The average molecular weight is 290 g/mol. The van der Waals surface area contributed by atoms with Crippen molar-refractivity contribution in [2.24, 2.45) is 0 Å². The molecule has 0 aliphatic carbocycles. The van der Waals surface area contributed by atoms with Gasteiger partial charge >= 0.3 is 0 Å². The smallest absolute Gasteiger partial charge is 0.226 e. The van der Waals surface area contributed by atoms with Crippen LogP contribution in [0.1, 0.15) is 30.9 Å². The van der Waals surface area contributed by atoms with Gasteiger partial charge in [-0.05, 0) is 13.5 Å². The van der Waals surface area contributed by atoms with Gasteiger partial charge in [0, 0.05) is 32.1 Å². The van der Waals surface area contributed by atoms with Gasteiger partial charge in [0.05, 0.1) is 12.1 Å². The zero-order valence-electron chi connectivity index (χ0n) is 12.2. The van der Waals surface area contributed by atoms with E-state index in [1.165, 1.54) is 0 Å². The van der Waals surface area contributed by atoms with Crippen molar-refractivity contribution in [3.8, 4) is 0 Å². The van der Waals surface area contributed by atoms with Gasteiger partial charge in [0.15, 0.2) is 0 Å². The molecule has 1 aromatic heterocycles. The van der Waals surface area contributed by atoms with Crippen molar-refractivity contribution in [3.05, 3.63) is 17.0 Å². The lowest BCUT2D eigenvalue weighted by Gasteiger charge is -2.16. The Morgan fingerprint density at radius 1 is 1.37 bits per heavy atom. The number of amides is 1. The summed E-state index contributed by atoms with van der Waals surface area (Å²) in [5, 5.41) is 7.05. The molecule has 1 amide bonds. The fourth-order valence-corrected chi connectivity index (χ4v) is 1.83. The van der Waals surface area contributed by atoms with Gasteiger partial charge in [-0.25, -0.2) is 0 Å². The summed E-state index contributed by atoms with van der Waals surface area (Å²) >= 11 is 0. The van der Waals surface area contributed by atoms with Crippen LogP contribution in [-0.4, -0.2) is 43.1 Å². The Labute approximate surface area is 121 Å². The van der Waals surface area contributed by atoms with Crippen LogP contribution in [0.5, 0.6) is 0 Å². The fourth-order valence-electron chi connectivity index (χ4n) is 1.83. The lowest BCUT2D eigenvalue weighted by molar-refractivity contribution is -0.129. The van der Waals surface area contributed by atoms with E-state index in [4.69, 9.17) is 4.52 Å². The predicted molar refractivity (Wildman–Crippen MR) is 77.8 cm³/mol. The van der Waals surface area contributed by atoms with Gasteiger partial charge < -0.3 is 14.7 Å². The molecular weight excluding hydrogens is 266 g/mol. The highest BCUT2D eigenvalue weighted by Crippen LogP contribution is 2.17. The van der Waals surface area contributed by atoms with Gasteiger partial charge in [0.2, 0.25) is 5.91 Å². The van der Waals surface area contributed by atoms with Gasteiger partial charge in [-0.2, -0.15) is 0 Å². The number of likely N-dealkylation sites (N-methyl/N-ethyl adjacent to an activating group) is 2. The zero-order chi connectivity index (χ0) is 13.5. The van der Waals surface area contributed by atoms with Crippen molar-refractivity contribution in [1.82, 2.24) is 15.4 Å². The molecule has 0 saturated carbocycles. The van der Waals surface area contributed by atoms with E-state index >= 15 is 0 Å². The maximum Gasteiger partial charge on any atom is 0.226 e. The second kappa shape index (κ2) is 8.93. The summed E-state index contributed by atoms with van der Waals surface area (Å²) in [7, 11) is 3.70. The number of nitrogens with zero attached hydrogens (tertiary/aromatic N) is 2. The summed E-state index contributed by atoms with van der Waals surface area (Å²) in [4.78, 5) is 13.8. The van der Waals surface area contributed by atoms with Crippen LogP contribution in [0.15, 0.2) is 4.52 Å². The molecule has 0 unspecified atom stereocenters. The number of rotatable bonds is 7. The third kappa shape index (κ3) is 4.84. The fraction of sp³-hybridized carbons (Fsp3) is 0.692. The highest BCUT2D eigenvalue weighted by atomic mass is 35.5. The van der Waals surface area contributed by atoms with Crippen LogP contribution in [0.3, 0.4) is 0 Å². The molecule has 1 N–H and O–H groups in total. The molecule has 1 aromatic rings. The summed E-state index contributed by atoms with van der Waals surface area (Å²) in [6.45, 7) is 5.55. The SMILES string of the molecule is CCc1noc(CC)c1CC(=O)N(C)CCNC.Cl. The molecule has 0 aromatic carbocycles. The number of carbonyl (C=O) groups excluding carboxylic acids is 1. The molecular formula is C13H24ClN3O2. The van der Waals surface area contributed by atoms with E-state index in [0.717, 1.165) is 36.4 Å². The maximum atomic E-state index is 12.1. The Balaban J connectivity index is 0.00000324. The van der Waals surface area contributed by atoms with Crippen LogP contribution in [0.2, 0.25) is 0 Å². The van der Waals surface area contributed by atoms with Crippen LogP contribution >= 0.6 is 12.4 Å². The van der Waals surface area contributed by atoms with Crippen molar-refractivity contribution < 1.29 is 9.32 Å². The summed E-state index contributed by atoms with van der Waals surface area (Å²) < 4.78 is 5.26. The van der Waals surface area contributed by atoms with E-state index in [9.17, 15) is 4.79 Å². The van der Waals surface area contributed by atoms with Gasteiger partial charge in [-0.1, -0.05) is 19.0 Å². The first-order valence-electron chi connectivity index (χ1n) is 6.48. The molecule has 6 heteroatoms. The predicted octanol–water partition coefficient (Wildman–Crippen LogP) is 1.44. The third-order valence-corrected chi connectivity index (χ3v) is 3.06. The van der Waals surface area contributed by atoms with Crippen LogP contribution in [0, 0.1) is 0 Å². The quantitative estimate of drug-likeness (QED) is 0.825. The van der Waals surface area contributed by atoms with Gasteiger partial charge in [-0.3, -0.25) is 4.79 Å². The molecule has 0 aliphatic heterocycles. The molecule has 19 heavy (non-hydrogen) atoms. The molecule has 1 rings (SSSR count). The summed E-state index contributed by atoms with van der Waals surface area (Å²) in [5.74, 6) is 0.945. The standard InChI is InChI=1S/C13H23N3O2.ClH/c1-5-11-10(12(6-2)18-15-11)9-13(17)16(4)8-7-14-3;/h14H,5-9H2,1-4H3;1H. The Bertz CT molecular complexity index is 372. The van der Waals surface area contributed by atoms with Crippen molar-refractivity contribution in [2.45, 2.75) is 33.1 Å². The van der Waals surface area contributed by atoms with Crippen LogP contribution in [0.4, 0.5) is 0 Å². The maximum absolute atomic E-state index is 12.1. The molecule has 0 aliphatic rings.